The van der Waals surface area contributed by atoms with Crippen LogP contribution in [0.5, 0.6) is 0 Å². The van der Waals surface area contributed by atoms with Gasteiger partial charge in [0.05, 0.1) is 17.5 Å². The number of aromatic nitrogens is 2. The summed E-state index contributed by atoms with van der Waals surface area (Å²) in [6.07, 6.45) is 2.77. The van der Waals surface area contributed by atoms with Crippen molar-refractivity contribution in [3.63, 3.8) is 0 Å². The number of likely N-dealkylation sites (tertiary alicyclic amines) is 1. The van der Waals surface area contributed by atoms with Crippen molar-refractivity contribution in [2.45, 2.75) is 12.3 Å². The van der Waals surface area contributed by atoms with Gasteiger partial charge in [0, 0.05) is 25.2 Å². The lowest BCUT2D eigenvalue weighted by molar-refractivity contribution is 0.0950. The number of hydrogen-bond acceptors (Lipinski definition) is 3. The third kappa shape index (κ3) is 4.09. The summed E-state index contributed by atoms with van der Waals surface area (Å²) in [6, 6.07) is 20.5. The van der Waals surface area contributed by atoms with Gasteiger partial charge in [-0.1, -0.05) is 60.7 Å². The van der Waals surface area contributed by atoms with E-state index in [1.54, 1.807) is 6.20 Å². The Kier molecular flexibility index (Phi) is 5.30. The average Bonchev–Trinajstić information content (AvgIpc) is 3.39. The number of rotatable bonds is 6. The molecule has 1 saturated heterocycles. The highest BCUT2D eigenvalue weighted by Crippen LogP contribution is 2.26. The number of aromatic amines is 1. The van der Waals surface area contributed by atoms with Gasteiger partial charge >= 0.3 is 0 Å². The number of carbonyl (C=O) groups excluding carboxylic acids is 1. The maximum Gasteiger partial charge on any atom is 0.255 e. The number of nitrogens with one attached hydrogen (secondary N) is 2. The molecule has 0 saturated carbocycles. The zero-order chi connectivity index (χ0) is 18.5. The standard InChI is InChI=1S/C22H24N4O/c27-22(20-15-24-25-21(20)18-9-5-2-6-10-18)23-12-14-26-13-11-19(16-26)17-7-3-1-4-8-17/h1-10,15,19H,11-14,16H2,(H,23,27)(H,24,25). The second-order valence-corrected chi connectivity index (χ2v) is 6.98. The van der Waals surface area contributed by atoms with Crippen molar-refractivity contribution < 1.29 is 4.79 Å². The summed E-state index contributed by atoms with van der Waals surface area (Å²) in [7, 11) is 0. The minimum atomic E-state index is -0.0820. The monoisotopic (exact) mass is 360 g/mol. The van der Waals surface area contributed by atoms with Gasteiger partial charge in [-0.25, -0.2) is 0 Å². The van der Waals surface area contributed by atoms with Gasteiger partial charge in [0.15, 0.2) is 0 Å². The first-order chi connectivity index (χ1) is 13.3. The molecular weight excluding hydrogens is 336 g/mol. The van der Waals surface area contributed by atoms with Crippen LogP contribution < -0.4 is 5.32 Å². The number of hydrogen-bond donors (Lipinski definition) is 2. The van der Waals surface area contributed by atoms with Crippen molar-refractivity contribution in [3.05, 3.63) is 78.0 Å². The fourth-order valence-corrected chi connectivity index (χ4v) is 3.74. The lowest BCUT2D eigenvalue weighted by Gasteiger charge is -2.16. The van der Waals surface area contributed by atoms with E-state index >= 15 is 0 Å². The van der Waals surface area contributed by atoms with Crippen LogP contribution in [-0.4, -0.2) is 47.2 Å². The number of amides is 1. The molecule has 1 aliphatic heterocycles. The minimum Gasteiger partial charge on any atom is -0.351 e. The second-order valence-electron chi connectivity index (χ2n) is 6.98. The Morgan fingerprint density at radius 2 is 1.85 bits per heavy atom. The van der Waals surface area contributed by atoms with E-state index in [0.29, 0.717) is 18.0 Å². The Balaban J connectivity index is 1.29. The fourth-order valence-electron chi connectivity index (χ4n) is 3.74. The normalized spacial score (nSPS) is 17.1. The summed E-state index contributed by atoms with van der Waals surface area (Å²) in [5, 5.41) is 10.0. The molecule has 1 unspecified atom stereocenters. The molecule has 5 nitrogen and oxygen atoms in total. The van der Waals surface area contributed by atoms with E-state index in [2.05, 4.69) is 50.7 Å². The third-order valence-corrected chi connectivity index (χ3v) is 5.20. The zero-order valence-electron chi connectivity index (χ0n) is 15.3. The number of benzene rings is 2. The summed E-state index contributed by atoms with van der Waals surface area (Å²) in [6.45, 7) is 3.64. The molecule has 5 heteroatoms. The van der Waals surface area contributed by atoms with Gasteiger partial charge in [-0.05, 0) is 24.4 Å². The van der Waals surface area contributed by atoms with Crippen LogP contribution in [0.2, 0.25) is 0 Å². The third-order valence-electron chi connectivity index (χ3n) is 5.20. The summed E-state index contributed by atoms with van der Waals surface area (Å²) >= 11 is 0. The molecule has 2 aromatic carbocycles. The van der Waals surface area contributed by atoms with Crippen LogP contribution >= 0.6 is 0 Å². The molecule has 2 heterocycles. The van der Waals surface area contributed by atoms with E-state index < -0.39 is 0 Å². The first-order valence-electron chi connectivity index (χ1n) is 9.45. The molecule has 3 aromatic rings. The van der Waals surface area contributed by atoms with Gasteiger partial charge in [0.2, 0.25) is 0 Å². The van der Waals surface area contributed by atoms with Gasteiger partial charge in [0.1, 0.15) is 0 Å². The second kappa shape index (κ2) is 8.18. The smallest absolute Gasteiger partial charge is 0.255 e. The Morgan fingerprint density at radius 3 is 2.63 bits per heavy atom. The van der Waals surface area contributed by atoms with Gasteiger partial charge in [-0.2, -0.15) is 5.10 Å². The van der Waals surface area contributed by atoms with Crippen molar-refractivity contribution in [2.24, 2.45) is 0 Å². The van der Waals surface area contributed by atoms with E-state index in [1.807, 2.05) is 30.3 Å². The van der Waals surface area contributed by atoms with Gasteiger partial charge in [0.25, 0.3) is 5.91 Å². The molecule has 1 aromatic heterocycles. The van der Waals surface area contributed by atoms with Crippen molar-refractivity contribution in [1.82, 2.24) is 20.4 Å². The molecule has 1 atom stereocenters. The van der Waals surface area contributed by atoms with Crippen LogP contribution in [0.3, 0.4) is 0 Å². The molecule has 0 aliphatic carbocycles. The van der Waals surface area contributed by atoms with Crippen molar-refractivity contribution in [1.29, 1.82) is 0 Å². The highest BCUT2D eigenvalue weighted by molar-refractivity contribution is 5.99. The van der Waals surface area contributed by atoms with Crippen LogP contribution in [0.4, 0.5) is 0 Å². The molecular formula is C22H24N4O. The summed E-state index contributed by atoms with van der Waals surface area (Å²) < 4.78 is 0. The molecule has 0 radical (unpaired) electrons. The molecule has 1 aliphatic rings. The van der Waals surface area contributed by atoms with E-state index in [-0.39, 0.29) is 5.91 Å². The Morgan fingerprint density at radius 1 is 1.11 bits per heavy atom. The Labute approximate surface area is 159 Å². The topological polar surface area (TPSA) is 61.0 Å². The fraction of sp³-hybridized carbons (Fsp3) is 0.273. The molecule has 2 N–H and O–H groups in total. The number of nitrogens with zero attached hydrogens (tertiary/aromatic N) is 2. The highest BCUT2D eigenvalue weighted by atomic mass is 16.1. The van der Waals surface area contributed by atoms with Crippen molar-refractivity contribution in [2.75, 3.05) is 26.2 Å². The van der Waals surface area contributed by atoms with Crippen LogP contribution in [0.25, 0.3) is 11.3 Å². The quantitative estimate of drug-likeness (QED) is 0.709. The first-order valence-corrected chi connectivity index (χ1v) is 9.45. The lowest BCUT2D eigenvalue weighted by atomic mass is 9.99. The average molecular weight is 360 g/mol. The van der Waals surface area contributed by atoms with E-state index in [1.165, 1.54) is 12.0 Å². The van der Waals surface area contributed by atoms with Gasteiger partial charge < -0.3 is 10.2 Å². The predicted molar refractivity (Wildman–Crippen MR) is 107 cm³/mol. The maximum atomic E-state index is 12.6. The molecule has 138 valence electrons. The van der Waals surface area contributed by atoms with Crippen LogP contribution in [0.1, 0.15) is 28.3 Å². The molecule has 0 bridgehead atoms. The van der Waals surface area contributed by atoms with E-state index in [9.17, 15) is 4.79 Å². The summed E-state index contributed by atoms with van der Waals surface area (Å²) in [5.41, 5.74) is 3.73. The first kappa shape index (κ1) is 17.5. The van der Waals surface area contributed by atoms with Crippen LogP contribution in [-0.2, 0) is 0 Å². The van der Waals surface area contributed by atoms with Crippen LogP contribution in [0.15, 0.2) is 66.9 Å². The van der Waals surface area contributed by atoms with Gasteiger partial charge in [-0.3, -0.25) is 9.89 Å². The Hall–Kier alpha value is -2.92. The molecule has 4 rings (SSSR count). The maximum absolute atomic E-state index is 12.6. The van der Waals surface area contributed by atoms with E-state index in [0.717, 1.165) is 30.9 Å². The van der Waals surface area contributed by atoms with Gasteiger partial charge in [-0.15, -0.1) is 0 Å². The largest absolute Gasteiger partial charge is 0.351 e. The van der Waals surface area contributed by atoms with E-state index in [4.69, 9.17) is 0 Å². The SMILES string of the molecule is O=C(NCCN1CCC(c2ccccc2)C1)c1cn[nH]c1-c1ccccc1. The number of H-pyrrole nitrogens is 1. The summed E-state index contributed by atoms with van der Waals surface area (Å²) in [5.74, 6) is 0.516. The Bertz CT molecular complexity index is 876. The molecule has 1 fully saturated rings. The van der Waals surface area contributed by atoms with Crippen LogP contribution in [0, 0.1) is 0 Å². The van der Waals surface area contributed by atoms with Crippen molar-refractivity contribution >= 4 is 5.91 Å². The zero-order valence-corrected chi connectivity index (χ0v) is 15.3. The van der Waals surface area contributed by atoms with Crippen molar-refractivity contribution in [3.8, 4) is 11.3 Å². The lowest BCUT2D eigenvalue weighted by Crippen LogP contribution is -2.33. The molecule has 1 amide bonds. The molecule has 27 heavy (non-hydrogen) atoms. The number of carbonyl (C=O) groups is 1. The highest BCUT2D eigenvalue weighted by Gasteiger charge is 2.23. The summed E-state index contributed by atoms with van der Waals surface area (Å²) in [4.78, 5) is 15.0. The predicted octanol–water partition coefficient (Wildman–Crippen LogP) is 3.30. The molecule has 0 spiro atoms. The minimum absolute atomic E-state index is 0.0820.